The van der Waals surface area contributed by atoms with Gasteiger partial charge in [0.1, 0.15) is 12.6 Å². The van der Waals surface area contributed by atoms with Crippen LogP contribution in [0.1, 0.15) is 77.6 Å². The molecule has 0 aliphatic heterocycles. The number of alkyl carbamates (subject to hydrolysis) is 1. The lowest BCUT2D eigenvalue weighted by Gasteiger charge is -2.23. The van der Waals surface area contributed by atoms with E-state index in [9.17, 15) is 9.59 Å². The zero-order valence-electron chi connectivity index (χ0n) is 16.0. The maximum Gasteiger partial charge on any atom is 0.407 e. The van der Waals surface area contributed by atoms with E-state index in [0.717, 1.165) is 45.1 Å². The number of methoxy groups -OCH3 is 1. The Morgan fingerprint density at radius 2 is 1.72 bits per heavy atom. The first-order valence-electron chi connectivity index (χ1n) is 9.91. The van der Waals surface area contributed by atoms with Crippen molar-refractivity contribution in [1.29, 1.82) is 0 Å². The van der Waals surface area contributed by atoms with E-state index < -0.39 is 18.1 Å². The first kappa shape index (κ1) is 21.7. The summed E-state index contributed by atoms with van der Waals surface area (Å²) >= 11 is 0. The Morgan fingerprint density at radius 3 is 2.40 bits per heavy atom. The van der Waals surface area contributed by atoms with Crippen LogP contribution < -0.4 is 10.6 Å². The van der Waals surface area contributed by atoms with Crippen LogP contribution in [0.3, 0.4) is 0 Å². The van der Waals surface area contributed by atoms with Crippen molar-refractivity contribution < 1.29 is 19.1 Å². The number of esters is 1. The van der Waals surface area contributed by atoms with Gasteiger partial charge in [0.2, 0.25) is 0 Å². The highest BCUT2D eigenvalue weighted by molar-refractivity contribution is 5.76. The second kappa shape index (κ2) is 13.9. The van der Waals surface area contributed by atoms with E-state index in [1.165, 1.54) is 39.2 Å². The predicted octanol–water partition coefficient (Wildman–Crippen LogP) is 3.54. The summed E-state index contributed by atoms with van der Waals surface area (Å²) in [5.41, 5.74) is 0. The number of unbranched alkanes of at least 4 members (excludes halogenated alkanes) is 5. The largest absolute Gasteiger partial charge is 0.468 e. The zero-order chi connectivity index (χ0) is 18.3. The van der Waals surface area contributed by atoms with Crippen molar-refractivity contribution in [3.8, 4) is 0 Å². The van der Waals surface area contributed by atoms with Crippen LogP contribution in [0.2, 0.25) is 0 Å². The van der Waals surface area contributed by atoms with Crippen LogP contribution in [-0.2, 0) is 14.3 Å². The van der Waals surface area contributed by atoms with Gasteiger partial charge < -0.3 is 20.1 Å². The fourth-order valence-electron chi connectivity index (χ4n) is 3.15. The van der Waals surface area contributed by atoms with Gasteiger partial charge in [-0.2, -0.15) is 0 Å². The van der Waals surface area contributed by atoms with E-state index in [-0.39, 0.29) is 12.6 Å². The van der Waals surface area contributed by atoms with Gasteiger partial charge in [0.25, 0.3) is 0 Å². The van der Waals surface area contributed by atoms with E-state index >= 15 is 0 Å². The van der Waals surface area contributed by atoms with Crippen molar-refractivity contribution in [2.24, 2.45) is 0 Å². The first-order valence-corrected chi connectivity index (χ1v) is 9.91. The van der Waals surface area contributed by atoms with Crippen molar-refractivity contribution in [2.75, 3.05) is 20.3 Å². The topological polar surface area (TPSA) is 76.7 Å². The molecule has 0 aromatic heterocycles. The Morgan fingerprint density at radius 1 is 1.04 bits per heavy atom. The molecule has 1 atom stereocenters. The normalized spacial score (nSPS) is 16.2. The molecular weight excluding hydrogens is 320 g/mol. The number of carbonyl (C=O) groups is 2. The summed E-state index contributed by atoms with van der Waals surface area (Å²) < 4.78 is 10.0. The number of ether oxygens (including phenoxy) is 2. The Balaban J connectivity index is 2.20. The van der Waals surface area contributed by atoms with Crippen LogP contribution in [0.4, 0.5) is 4.79 Å². The molecule has 1 rings (SSSR count). The van der Waals surface area contributed by atoms with Crippen molar-refractivity contribution >= 4 is 12.1 Å². The van der Waals surface area contributed by atoms with Gasteiger partial charge in [-0.3, -0.25) is 4.79 Å². The van der Waals surface area contributed by atoms with Gasteiger partial charge >= 0.3 is 12.1 Å². The molecule has 6 nitrogen and oxygen atoms in total. The Labute approximate surface area is 152 Å². The molecule has 0 bridgehead atoms. The predicted molar refractivity (Wildman–Crippen MR) is 98.5 cm³/mol. The molecule has 0 aromatic rings. The van der Waals surface area contributed by atoms with Crippen molar-refractivity contribution in [3.05, 3.63) is 0 Å². The minimum Gasteiger partial charge on any atom is -0.468 e. The average molecular weight is 357 g/mol. The highest BCUT2D eigenvalue weighted by atomic mass is 16.6. The summed E-state index contributed by atoms with van der Waals surface area (Å²) in [5, 5.41) is 6.03. The van der Waals surface area contributed by atoms with Crippen LogP contribution >= 0.6 is 0 Å². The van der Waals surface area contributed by atoms with E-state index in [4.69, 9.17) is 9.47 Å². The number of hydrogen-bond donors (Lipinski definition) is 2. The van der Waals surface area contributed by atoms with Crippen LogP contribution in [0.15, 0.2) is 0 Å². The first-order chi connectivity index (χ1) is 12.2. The van der Waals surface area contributed by atoms with Gasteiger partial charge in [-0.05, 0) is 25.8 Å². The second-order valence-electron chi connectivity index (χ2n) is 6.88. The van der Waals surface area contributed by atoms with Gasteiger partial charge in [-0.25, -0.2) is 4.79 Å². The van der Waals surface area contributed by atoms with Crippen LogP contribution in [0.5, 0.6) is 0 Å². The Kier molecular flexibility index (Phi) is 12.1. The van der Waals surface area contributed by atoms with Gasteiger partial charge in [0.15, 0.2) is 0 Å². The summed E-state index contributed by atoms with van der Waals surface area (Å²) in [5.74, 6) is -0.392. The fourth-order valence-corrected chi connectivity index (χ4v) is 3.15. The van der Waals surface area contributed by atoms with Gasteiger partial charge in [-0.1, -0.05) is 58.3 Å². The number of hydrogen-bond acceptors (Lipinski definition) is 5. The van der Waals surface area contributed by atoms with Crippen LogP contribution in [0.25, 0.3) is 0 Å². The SMILES string of the molecule is CCCCCCCCNC(COC(=O)NC1CCCCC1)C(=O)OC. The quantitative estimate of drug-likeness (QED) is 0.413. The van der Waals surface area contributed by atoms with Crippen molar-refractivity contribution in [2.45, 2.75) is 89.6 Å². The Bertz CT molecular complexity index is 370. The van der Waals surface area contributed by atoms with Crippen LogP contribution in [-0.4, -0.2) is 44.4 Å². The molecule has 1 fully saturated rings. The molecule has 1 aliphatic rings. The molecule has 1 amide bonds. The lowest BCUT2D eigenvalue weighted by molar-refractivity contribution is -0.144. The molecule has 0 aromatic carbocycles. The smallest absolute Gasteiger partial charge is 0.407 e. The van der Waals surface area contributed by atoms with E-state index in [0.29, 0.717) is 0 Å². The van der Waals surface area contributed by atoms with E-state index in [1.807, 2.05) is 0 Å². The molecule has 1 unspecified atom stereocenters. The molecule has 0 heterocycles. The van der Waals surface area contributed by atoms with Crippen molar-refractivity contribution in [1.82, 2.24) is 10.6 Å². The molecule has 0 radical (unpaired) electrons. The number of amides is 1. The molecule has 6 heteroatoms. The molecule has 0 spiro atoms. The third kappa shape index (κ3) is 10.3. The second-order valence-corrected chi connectivity index (χ2v) is 6.88. The van der Waals surface area contributed by atoms with Gasteiger partial charge in [-0.15, -0.1) is 0 Å². The monoisotopic (exact) mass is 356 g/mol. The lowest BCUT2D eigenvalue weighted by atomic mass is 9.96. The van der Waals surface area contributed by atoms with Gasteiger partial charge in [0.05, 0.1) is 7.11 Å². The molecule has 146 valence electrons. The molecular formula is C19H36N2O4. The fraction of sp³-hybridized carbons (Fsp3) is 0.895. The molecule has 1 aliphatic carbocycles. The standard InChI is InChI=1S/C19H36N2O4/c1-3-4-5-6-7-11-14-20-17(18(22)24-2)15-25-19(23)21-16-12-9-8-10-13-16/h16-17,20H,3-15H2,1-2H3,(H,21,23). The molecule has 0 saturated heterocycles. The summed E-state index contributed by atoms with van der Waals surface area (Å²) in [6.07, 6.45) is 12.3. The summed E-state index contributed by atoms with van der Waals surface area (Å²) in [7, 11) is 1.35. The molecule has 25 heavy (non-hydrogen) atoms. The zero-order valence-corrected chi connectivity index (χ0v) is 16.0. The number of nitrogens with one attached hydrogen (secondary N) is 2. The van der Waals surface area contributed by atoms with Crippen molar-refractivity contribution in [3.63, 3.8) is 0 Å². The maximum absolute atomic E-state index is 11.9. The number of carbonyl (C=O) groups excluding carboxylic acids is 2. The third-order valence-electron chi connectivity index (χ3n) is 4.72. The third-order valence-corrected chi connectivity index (χ3v) is 4.72. The highest BCUT2D eigenvalue weighted by Crippen LogP contribution is 2.17. The van der Waals surface area contributed by atoms with Gasteiger partial charge in [0, 0.05) is 6.04 Å². The average Bonchev–Trinajstić information content (AvgIpc) is 2.63. The summed E-state index contributed by atoms with van der Waals surface area (Å²) in [6.45, 7) is 2.92. The summed E-state index contributed by atoms with van der Waals surface area (Å²) in [6, 6.07) is -0.397. The minimum absolute atomic E-state index is 0.00105. The number of rotatable bonds is 12. The van der Waals surface area contributed by atoms with E-state index in [1.54, 1.807) is 0 Å². The maximum atomic E-state index is 11.9. The lowest BCUT2D eigenvalue weighted by Crippen LogP contribution is -2.44. The molecule has 1 saturated carbocycles. The Hall–Kier alpha value is -1.30. The van der Waals surface area contributed by atoms with E-state index in [2.05, 4.69) is 17.6 Å². The minimum atomic E-state index is -0.599. The molecule has 2 N–H and O–H groups in total. The highest BCUT2D eigenvalue weighted by Gasteiger charge is 2.22. The van der Waals surface area contributed by atoms with Crippen LogP contribution in [0, 0.1) is 0 Å². The summed E-state index contributed by atoms with van der Waals surface area (Å²) in [4.78, 5) is 23.7.